The Balaban J connectivity index is 2.15. The van der Waals surface area contributed by atoms with Crippen LogP contribution in [0, 0.1) is 5.92 Å². The summed E-state index contributed by atoms with van der Waals surface area (Å²) < 4.78 is 0. The lowest BCUT2D eigenvalue weighted by atomic mass is 9.87. The van der Waals surface area contributed by atoms with Gasteiger partial charge in [0.05, 0.1) is 0 Å². The van der Waals surface area contributed by atoms with E-state index in [9.17, 15) is 0 Å². The summed E-state index contributed by atoms with van der Waals surface area (Å²) in [5, 5.41) is 0. The maximum Gasteiger partial charge on any atom is -0.0136 e. The van der Waals surface area contributed by atoms with E-state index in [1.807, 2.05) is 0 Å². The summed E-state index contributed by atoms with van der Waals surface area (Å²) >= 11 is 0. The normalized spacial score (nSPS) is 22.0. The number of allylic oxidation sites excluding steroid dienone is 4. The predicted molar refractivity (Wildman–Crippen MR) is 69.0 cm³/mol. The summed E-state index contributed by atoms with van der Waals surface area (Å²) in [6.45, 7) is 4.63. The molecule has 1 aliphatic rings. The van der Waals surface area contributed by atoms with Gasteiger partial charge < -0.3 is 0 Å². The molecule has 0 aromatic heterocycles. The Morgan fingerprint density at radius 2 is 2.20 bits per heavy atom. The van der Waals surface area contributed by atoms with E-state index < -0.39 is 0 Å². The Labute approximate surface area is 95.5 Å². The van der Waals surface area contributed by atoms with Crippen LogP contribution >= 0.6 is 0 Å². The Bertz CT molecular complexity index is 210. The third kappa shape index (κ3) is 5.20. The molecule has 0 aromatic carbocycles. The molecule has 0 N–H and O–H groups in total. The molecule has 15 heavy (non-hydrogen) atoms. The molecule has 1 rings (SSSR count). The molecule has 0 aliphatic heterocycles. The van der Waals surface area contributed by atoms with Crippen molar-refractivity contribution >= 4 is 0 Å². The van der Waals surface area contributed by atoms with Crippen molar-refractivity contribution in [3.63, 3.8) is 0 Å². The quantitative estimate of drug-likeness (QED) is 0.411. The molecule has 0 heteroatoms. The van der Waals surface area contributed by atoms with E-state index in [1.54, 1.807) is 5.57 Å². The van der Waals surface area contributed by atoms with Gasteiger partial charge in [0, 0.05) is 0 Å². The maximum atomic E-state index is 2.46. The van der Waals surface area contributed by atoms with Crippen LogP contribution in [-0.4, -0.2) is 0 Å². The highest BCUT2D eigenvalue weighted by Gasteiger charge is 2.10. The van der Waals surface area contributed by atoms with Crippen LogP contribution in [0.25, 0.3) is 0 Å². The Kier molecular flexibility index (Phi) is 6.47. The zero-order valence-electron chi connectivity index (χ0n) is 10.5. The van der Waals surface area contributed by atoms with Crippen molar-refractivity contribution in [2.24, 2.45) is 5.92 Å². The third-order valence-corrected chi connectivity index (χ3v) is 3.38. The topological polar surface area (TPSA) is 0 Å². The molecule has 0 aromatic rings. The number of rotatable bonds is 6. The zero-order valence-corrected chi connectivity index (χ0v) is 10.5. The molecule has 0 saturated heterocycles. The molecule has 0 unspecified atom stereocenters. The zero-order chi connectivity index (χ0) is 10.9. The van der Waals surface area contributed by atoms with E-state index in [1.165, 1.54) is 51.4 Å². The molecule has 0 spiro atoms. The fraction of sp³-hybridized carbons (Fsp3) is 0.733. The molecule has 86 valence electrons. The van der Waals surface area contributed by atoms with Gasteiger partial charge in [-0.3, -0.25) is 0 Å². The average Bonchev–Trinajstić information content (AvgIpc) is 2.25. The van der Waals surface area contributed by atoms with Gasteiger partial charge in [0.1, 0.15) is 0 Å². The lowest BCUT2D eigenvalue weighted by Gasteiger charge is -2.19. The molecule has 0 radical (unpaired) electrons. The van der Waals surface area contributed by atoms with Crippen molar-refractivity contribution in [2.45, 2.75) is 65.2 Å². The van der Waals surface area contributed by atoms with E-state index in [4.69, 9.17) is 0 Å². The maximum absolute atomic E-state index is 2.46. The molecule has 0 saturated carbocycles. The van der Waals surface area contributed by atoms with Crippen molar-refractivity contribution < 1.29 is 0 Å². The van der Waals surface area contributed by atoms with Gasteiger partial charge >= 0.3 is 0 Å². The molecule has 1 atom stereocenters. The highest BCUT2D eigenvalue weighted by atomic mass is 14.2. The highest BCUT2D eigenvalue weighted by Crippen LogP contribution is 2.26. The van der Waals surface area contributed by atoms with Crippen LogP contribution in [0.2, 0.25) is 0 Å². The second-order valence-electron chi connectivity index (χ2n) is 4.78. The fourth-order valence-electron chi connectivity index (χ4n) is 2.23. The Morgan fingerprint density at radius 3 is 2.93 bits per heavy atom. The van der Waals surface area contributed by atoms with Crippen LogP contribution in [0.4, 0.5) is 0 Å². The first-order valence-corrected chi connectivity index (χ1v) is 6.68. The van der Waals surface area contributed by atoms with E-state index >= 15 is 0 Å². The Morgan fingerprint density at radius 1 is 1.33 bits per heavy atom. The first-order chi connectivity index (χ1) is 7.34. The van der Waals surface area contributed by atoms with Crippen molar-refractivity contribution in [3.8, 4) is 0 Å². The fourth-order valence-corrected chi connectivity index (χ4v) is 2.23. The predicted octanol–water partition coefficient (Wildman–Crippen LogP) is 5.26. The van der Waals surface area contributed by atoms with Crippen molar-refractivity contribution in [1.82, 2.24) is 0 Å². The molecular formula is C15H26. The first kappa shape index (κ1) is 12.5. The number of unbranched alkanes of at least 4 members (excludes halogenated alkanes) is 3. The minimum absolute atomic E-state index is 0.832. The Hall–Kier alpha value is -0.520. The number of hydrogen-bond donors (Lipinski definition) is 0. The smallest absolute Gasteiger partial charge is 0.0136 e. The van der Waals surface area contributed by atoms with Gasteiger partial charge in [-0.15, -0.1) is 0 Å². The largest absolute Gasteiger partial charge is 0.0882 e. The van der Waals surface area contributed by atoms with E-state index in [0.29, 0.717) is 0 Å². The highest BCUT2D eigenvalue weighted by molar-refractivity contribution is 5.12. The molecule has 0 bridgehead atoms. The van der Waals surface area contributed by atoms with Crippen LogP contribution in [0.5, 0.6) is 0 Å². The van der Waals surface area contributed by atoms with E-state index in [-0.39, 0.29) is 0 Å². The molecule has 0 amide bonds. The molecule has 1 aliphatic carbocycles. The molecule has 0 nitrogen and oxygen atoms in total. The van der Waals surface area contributed by atoms with Crippen LogP contribution in [0.15, 0.2) is 23.8 Å². The van der Waals surface area contributed by atoms with Gasteiger partial charge in [-0.05, 0) is 44.4 Å². The second kappa shape index (κ2) is 7.73. The van der Waals surface area contributed by atoms with Gasteiger partial charge in [0.2, 0.25) is 0 Å². The van der Waals surface area contributed by atoms with Crippen LogP contribution < -0.4 is 0 Å². The summed E-state index contributed by atoms with van der Waals surface area (Å²) in [5.41, 5.74) is 1.67. The summed E-state index contributed by atoms with van der Waals surface area (Å²) in [7, 11) is 0. The first-order valence-electron chi connectivity index (χ1n) is 6.68. The van der Waals surface area contributed by atoms with Gasteiger partial charge in [-0.25, -0.2) is 0 Å². The van der Waals surface area contributed by atoms with Crippen molar-refractivity contribution in [1.29, 1.82) is 0 Å². The standard InChI is InChI=1S/C15H26/c1-3-4-5-6-7-8-12-15-13-10-9-11-14(15)2/h7-8,13-14H,3-6,9-12H2,1-2H3/b8-7+/t14-/m1/s1. The van der Waals surface area contributed by atoms with Crippen LogP contribution in [-0.2, 0) is 0 Å². The average molecular weight is 206 g/mol. The lowest BCUT2D eigenvalue weighted by molar-refractivity contribution is 0.543. The van der Waals surface area contributed by atoms with Gasteiger partial charge in [-0.2, -0.15) is 0 Å². The van der Waals surface area contributed by atoms with Crippen molar-refractivity contribution in [3.05, 3.63) is 23.8 Å². The summed E-state index contributed by atoms with van der Waals surface area (Å²) in [6, 6.07) is 0. The van der Waals surface area contributed by atoms with Gasteiger partial charge in [0.15, 0.2) is 0 Å². The minimum Gasteiger partial charge on any atom is -0.0882 e. The number of hydrogen-bond acceptors (Lipinski definition) is 0. The van der Waals surface area contributed by atoms with Gasteiger partial charge in [0.25, 0.3) is 0 Å². The van der Waals surface area contributed by atoms with Gasteiger partial charge in [-0.1, -0.05) is 50.5 Å². The summed E-state index contributed by atoms with van der Waals surface area (Å²) in [5.74, 6) is 0.832. The SMILES string of the molecule is CCCCC/C=C/CC1=CCCC[C@H]1C. The lowest BCUT2D eigenvalue weighted by Crippen LogP contribution is -2.03. The van der Waals surface area contributed by atoms with Crippen LogP contribution in [0.3, 0.4) is 0 Å². The summed E-state index contributed by atoms with van der Waals surface area (Å²) in [4.78, 5) is 0. The second-order valence-corrected chi connectivity index (χ2v) is 4.78. The van der Waals surface area contributed by atoms with E-state index in [0.717, 1.165) is 5.92 Å². The molecule has 0 heterocycles. The van der Waals surface area contributed by atoms with Crippen LogP contribution in [0.1, 0.15) is 65.2 Å². The third-order valence-electron chi connectivity index (χ3n) is 3.38. The molecular weight excluding hydrogens is 180 g/mol. The minimum atomic E-state index is 0.832. The summed E-state index contributed by atoms with van der Waals surface area (Å²) in [6.07, 6.45) is 17.9. The van der Waals surface area contributed by atoms with Crippen molar-refractivity contribution in [2.75, 3.05) is 0 Å². The monoisotopic (exact) mass is 206 g/mol. The molecule has 0 fully saturated rings. The van der Waals surface area contributed by atoms with E-state index in [2.05, 4.69) is 32.1 Å².